The number of nitrogens with zero attached hydrogens (tertiary/aromatic N) is 2. The highest BCUT2D eigenvalue weighted by Gasteiger charge is 2.33. The third-order valence-electron chi connectivity index (χ3n) is 2.94. The van der Waals surface area contributed by atoms with Gasteiger partial charge in [0.2, 0.25) is 5.91 Å². The van der Waals surface area contributed by atoms with E-state index in [4.69, 9.17) is 0 Å². The zero-order chi connectivity index (χ0) is 13.4. The molecule has 1 unspecified atom stereocenters. The first-order chi connectivity index (χ1) is 9.13. The van der Waals surface area contributed by atoms with Gasteiger partial charge in [0.15, 0.2) is 10.2 Å². The van der Waals surface area contributed by atoms with Gasteiger partial charge in [0.1, 0.15) is 0 Å². The van der Waals surface area contributed by atoms with Crippen LogP contribution in [0.4, 0.5) is 5.13 Å². The van der Waals surface area contributed by atoms with E-state index < -0.39 is 0 Å². The quantitative estimate of drug-likeness (QED) is 0.854. The van der Waals surface area contributed by atoms with Crippen LogP contribution in [0.1, 0.15) is 13.3 Å². The van der Waals surface area contributed by atoms with Gasteiger partial charge >= 0.3 is 0 Å². The third kappa shape index (κ3) is 2.50. The minimum Gasteiger partial charge on any atom is -0.288 e. The predicted octanol–water partition coefficient (Wildman–Crippen LogP) is 2.68. The van der Waals surface area contributed by atoms with Crippen LogP contribution in [0.25, 0.3) is 10.2 Å². The first kappa shape index (κ1) is 12.6. The average molecular weight is 292 g/mol. The highest BCUT2D eigenvalue weighted by molar-refractivity contribution is 8.14. The number of benzene rings is 1. The molecule has 0 N–H and O–H groups in total. The summed E-state index contributed by atoms with van der Waals surface area (Å²) in [5, 5.41) is 0.846. The molecule has 2 aromatic rings. The number of hydrogen-bond acceptors (Lipinski definition) is 5. The predicted molar refractivity (Wildman–Crippen MR) is 78.7 cm³/mol. The lowest BCUT2D eigenvalue weighted by atomic mass is 10.3. The van der Waals surface area contributed by atoms with Crippen molar-refractivity contribution in [2.24, 2.45) is 0 Å². The Kier molecular flexibility index (Phi) is 3.28. The lowest BCUT2D eigenvalue weighted by Crippen LogP contribution is -2.24. The Morgan fingerprint density at radius 2 is 2.26 bits per heavy atom. The molecule has 6 heteroatoms. The highest BCUT2D eigenvalue weighted by atomic mass is 32.2. The molecule has 1 saturated heterocycles. The normalized spacial score (nSPS) is 19.3. The fraction of sp³-hybridized carbons (Fsp3) is 0.308. The minimum atomic E-state index is 0.0528. The van der Waals surface area contributed by atoms with Crippen molar-refractivity contribution in [3.63, 3.8) is 0 Å². The van der Waals surface area contributed by atoms with Crippen LogP contribution in [-0.4, -0.2) is 27.8 Å². The Labute approximate surface area is 118 Å². The van der Waals surface area contributed by atoms with E-state index in [0.717, 1.165) is 15.3 Å². The molecule has 4 nitrogen and oxygen atoms in total. The third-order valence-corrected chi connectivity index (χ3v) is 4.98. The molecule has 1 aromatic carbocycles. The van der Waals surface area contributed by atoms with Crippen molar-refractivity contribution in [1.82, 2.24) is 4.98 Å². The second kappa shape index (κ2) is 4.94. The van der Waals surface area contributed by atoms with Crippen LogP contribution >= 0.6 is 23.1 Å². The maximum absolute atomic E-state index is 12.0. The Hall–Kier alpha value is -1.40. The monoisotopic (exact) mass is 292 g/mol. The second-order valence-electron chi connectivity index (χ2n) is 4.40. The molecule has 0 radical (unpaired) electrons. The van der Waals surface area contributed by atoms with Gasteiger partial charge in [-0.15, -0.1) is 0 Å². The molecule has 1 fully saturated rings. The van der Waals surface area contributed by atoms with Crippen molar-refractivity contribution < 1.29 is 9.59 Å². The first-order valence-corrected chi connectivity index (χ1v) is 7.66. The second-order valence-corrected chi connectivity index (χ2v) is 6.89. The van der Waals surface area contributed by atoms with Gasteiger partial charge in [0.25, 0.3) is 0 Å². The SMILES string of the molecule is CC(=O)SC1CC(=O)N(c2nc3ccccc3s2)C1. The standard InChI is InChI=1S/C13H12N2O2S2/c1-8(16)18-9-6-12(17)15(7-9)13-14-10-4-2-3-5-11(10)19-13/h2-5,9H,6-7H2,1H3. The van der Waals surface area contributed by atoms with Gasteiger partial charge in [-0.3, -0.25) is 14.5 Å². The molecule has 0 bridgehead atoms. The van der Waals surface area contributed by atoms with Gasteiger partial charge in [-0.2, -0.15) is 0 Å². The lowest BCUT2D eigenvalue weighted by Gasteiger charge is -2.11. The Balaban J connectivity index is 1.85. The largest absolute Gasteiger partial charge is 0.288 e. The Morgan fingerprint density at radius 3 is 3.00 bits per heavy atom. The van der Waals surface area contributed by atoms with Crippen molar-refractivity contribution in [1.29, 1.82) is 0 Å². The number of aromatic nitrogens is 1. The maximum atomic E-state index is 12.0. The van der Waals surface area contributed by atoms with E-state index in [1.54, 1.807) is 4.90 Å². The number of hydrogen-bond donors (Lipinski definition) is 0. The molecule has 0 saturated carbocycles. The molecule has 1 aliphatic heterocycles. The van der Waals surface area contributed by atoms with E-state index in [1.165, 1.54) is 30.0 Å². The van der Waals surface area contributed by atoms with Crippen LogP contribution in [0.3, 0.4) is 0 Å². The smallest absolute Gasteiger partial charge is 0.230 e. The summed E-state index contributed by atoms with van der Waals surface area (Å²) < 4.78 is 1.08. The molecular weight excluding hydrogens is 280 g/mol. The summed E-state index contributed by atoms with van der Waals surface area (Å²) in [6.45, 7) is 2.11. The van der Waals surface area contributed by atoms with Crippen molar-refractivity contribution >= 4 is 49.5 Å². The Bertz CT molecular complexity index is 620. The van der Waals surface area contributed by atoms with Crippen LogP contribution < -0.4 is 4.90 Å². The van der Waals surface area contributed by atoms with E-state index in [9.17, 15) is 9.59 Å². The van der Waals surface area contributed by atoms with Gasteiger partial charge < -0.3 is 0 Å². The Morgan fingerprint density at radius 1 is 1.47 bits per heavy atom. The van der Waals surface area contributed by atoms with Crippen molar-refractivity contribution in [3.8, 4) is 0 Å². The van der Waals surface area contributed by atoms with E-state index in [1.807, 2.05) is 24.3 Å². The number of carbonyl (C=O) groups is 2. The summed E-state index contributed by atoms with van der Waals surface area (Å²) in [7, 11) is 0. The molecule has 1 amide bonds. The number of carbonyl (C=O) groups excluding carboxylic acids is 2. The zero-order valence-corrected chi connectivity index (χ0v) is 12.0. The number of rotatable bonds is 2. The van der Waals surface area contributed by atoms with Gasteiger partial charge in [0.05, 0.1) is 10.2 Å². The van der Waals surface area contributed by atoms with Crippen molar-refractivity contribution in [2.75, 3.05) is 11.4 Å². The van der Waals surface area contributed by atoms with E-state index in [-0.39, 0.29) is 16.3 Å². The molecule has 0 aliphatic carbocycles. The average Bonchev–Trinajstić information content (AvgIpc) is 2.91. The molecule has 0 spiro atoms. The summed E-state index contributed by atoms with van der Waals surface area (Å²) in [5.41, 5.74) is 0.915. The number of thioether (sulfide) groups is 1. The van der Waals surface area contributed by atoms with Crippen LogP contribution in [-0.2, 0) is 9.59 Å². The molecule has 1 aliphatic rings. The summed E-state index contributed by atoms with van der Waals surface area (Å²) in [6.07, 6.45) is 0.417. The van der Waals surface area contributed by atoms with Gasteiger partial charge in [-0.05, 0) is 12.1 Å². The zero-order valence-electron chi connectivity index (χ0n) is 10.3. The van der Waals surface area contributed by atoms with Crippen molar-refractivity contribution in [3.05, 3.63) is 24.3 Å². The van der Waals surface area contributed by atoms with Crippen LogP contribution in [0.5, 0.6) is 0 Å². The number of amides is 1. The van der Waals surface area contributed by atoms with Gasteiger partial charge in [0, 0.05) is 25.1 Å². The fourth-order valence-corrected chi connectivity index (χ4v) is 4.06. The maximum Gasteiger partial charge on any atom is 0.230 e. The number of thiazole rings is 1. The van der Waals surface area contributed by atoms with E-state index >= 15 is 0 Å². The molecule has 98 valence electrons. The lowest BCUT2D eigenvalue weighted by molar-refractivity contribution is -0.117. The van der Waals surface area contributed by atoms with E-state index in [0.29, 0.717) is 13.0 Å². The molecule has 3 rings (SSSR count). The van der Waals surface area contributed by atoms with Crippen molar-refractivity contribution in [2.45, 2.75) is 18.6 Å². The summed E-state index contributed by atoms with van der Waals surface area (Å²) in [6, 6.07) is 7.84. The van der Waals surface area contributed by atoms with Crippen LogP contribution in [0, 0.1) is 0 Å². The summed E-state index contributed by atoms with van der Waals surface area (Å²) >= 11 is 2.77. The summed E-state index contributed by atoms with van der Waals surface area (Å²) in [5.74, 6) is 0.0535. The minimum absolute atomic E-state index is 0.0528. The van der Waals surface area contributed by atoms with E-state index in [2.05, 4.69) is 4.98 Å². The molecule has 1 atom stereocenters. The molecule has 1 aromatic heterocycles. The molecular formula is C13H12N2O2S2. The highest BCUT2D eigenvalue weighted by Crippen LogP contribution is 2.33. The fourth-order valence-electron chi connectivity index (χ4n) is 2.15. The number of anilines is 1. The first-order valence-electron chi connectivity index (χ1n) is 5.96. The van der Waals surface area contributed by atoms with Crippen LogP contribution in [0.15, 0.2) is 24.3 Å². The van der Waals surface area contributed by atoms with Crippen LogP contribution in [0.2, 0.25) is 0 Å². The topological polar surface area (TPSA) is 50.3 Å². The number of para-hydroxylation sites is 1. The van der Waals surface area contributed by atoms with Gasteiger partial charge in [-0.25, -0.2) is 4.98 Å². The summed E-state index contributed by atoms with van der Waals surface area (Å²) in [4.78, 5) is 29.3. The molecule has 2 heterocycles. The van der Waals surface area contributed by atoms with Gasteiger partial charge in [-0.1, -0.05) is 35.2 Å². The molecule has 19 heavy (non-hydrogen) atoms. The number of fused-ring (bicyclic) bond motifs is 1.